The highest BCUT2D eigenvalue weighted by Crippen LogP contribution is 2.26. The van der Waals surface area contributed by atoms with Crippen LogP contribution in [0.2, 0.25) is 0 Å². The zero-order valence-electron chi connectivity index (χ0n) is 25.6. The summed E-state index contributed by atoms with van der Waals surface area (Å²) in [5.41, 5.74) is -0.330. The number of esters is 3. The van der Waals surface area contributed by atoms with Crippen molar-refractivity contribution < 1.29 is 48.0 Å². The lowest BCUT2D eigenvalue weighted by molar-refractivity contribution is -0.175. The molecule has 1 aliphatic heterocycles. The van der Waals surface area contributed by atoms with Gasteiger partial charge in [-0.2, -0.15) is 4.37 Å². The van der Waals surface area contributed by atoms with Crippen molar-refractivity contribution in [3.8, 4) is 5.88 Å². The Morgan fingerprint density at radius 1 is 0.891 bits per heavy atom. The molecule has 1 aliphatic rings. The van der Waals surface area contributed by atoms with Gasteiger partial charge in [0.1, 0.15) is 12.7 Å². The first-order valence-electron chi connectivity index (χ1n) is 14.5. The Kier molecular flexibility index (Phi) is 12.0. The zero-order valence-corrected chi connectivity index (χ0v) is 26.4. The Hall–Kier alpha value is -4.60. The number of carboxylic acid groups (broad SMARTS) is 1. The van der Waals surface area contributed by atoms with E-state index in [-0.39, 0.29) is 30.2 Å². The zero-order chi connectivity index (χ0) is 33.1. The van der Waals surface area contributed by atoms with Crippen molar-refractivity contribution in [3.63, 3.8) is 0 Å². The Balaban J connectivity index is 1.57. The molecule has 1 fully saturated rings. The van der Waals surface area contributed by atoms with Crippen LogP contribution >= 0.6 is 11.7 Å². The van der Waals surface area contributed by atoms with Crippen molar-refractivity contribution in [1.29, 1.82) is 0 Å². The van der Waals surface area contributed by atoms with Gasteiger partial charge in [0.15, 0.2) is 0 Å². The summed E-state index contributed by atoms with van der Waals surface area (Å²) < 4.78 is 36.2. The van der Waals surface area contributed by atoms with E-state index in [4.69, 9.17) is 23.7 Å². The summed E-state index contributed by atoms with van der Waals surface area (Å²) in [7, 11) is 0. The second kappa shape index (κ2) is 16.1. The van der Waals surface area contributed by atoms with Crippen LogP contribution in [0.25, 0.3) is 0 Å². The number of anilines is 1. The number of rotatable bonds is 14. The molecule has 4 rings (SSSR count). The molecule has 2 aromatic carbocycles. The number of aliphatic carboxylic acids is 1. The predicted molar refractivity (Wildman–Crippen MR) is 165 cm³/mol. The average Bonchev–Trinajstić information content (AvgIpc) is 3.53. The fraction of sp³-hybridized carbons (Fsp3) is 0.419. The Bertz CT molecular complexity index is 1460. The second-order valence-corrected chi connectivity index (χ2v) is 11.7. The molecule has 0 radical (unpaired) electrons. The van der Waals surface area contributed by atoms with Crippen LogP contribution in [0.3, 0.4) is 0 Å². The summed E-state index contributed by atoms with van der Waals surface area (Å²) in [6, 6.07) is 15.2. The molecule has 0 bridgehead atoms. The molecule has 2 N–H and O–H groups in total. The molecule has 246 valence electrons. The summed E-state index contributed by atoms with van der Waals surface area (Å²) in [6.07, 6.45) is -5.43. The van der Waals surface area contributed by atoms with Crippen molar-refractivity contribution in [2.24, 2.45) is 0 Å². The highest BCUT2D eigenvalue weighted by molar-refractivity contribution is 6.99. The third-order valence-corrected chi connectivity index (χ3v) is 7.04. The van der Waals surface area contributed by atoms with Gasteiger partial charge in [0.05, 0.1) is 36.1 Å². The molecule has 46 heavy (non-hydrogen) atoms. The van der Waals surface area contributed by atoms with Crippen LogP contribution in [0.15, 0.2) is 60.7 Å². The van der Waals surface area contributed by atoms with Gasteiger partial charge in [0.25, 0.3) is 5.88 Å². The number of carbonyl (C=O) groups excluding carboxylic acids is 3. The molecule has 3 atom stereocenters. The number of hydrogen-bond donors (Lipinski definition) is 2. The lowest BCUT2D eigenvalue weighted by atomic mass is 10.1. The van der Waals surface area contributed by atoms with Gasteiger partial charge >= 0.3 is 23.9 Å². The van der Waals surface area contributed by atoms with E-state index in [2.05, 4.69) is 14.1 Å². The van der Waals surface area contributed by atoms with E-state index < -0.39 is 47.7 Å². The number of aromatic nitrogens is 2. The first kappa shape index (κ1) is 34.3. The Labute approximate surface area is 269 Å². The molecule has 0 aliphatic carbocycles. The molecular formula is C31H36N4O10S. The van der Waals surface area contributed by atoms with E-state index in [0.29, 0.717) is 32.1 Å². The van der Waals surface area contributed by atoms with Crippen LogP contribution < -0.4 is 15.0 Å². The highest BCUT2D eigenvalue weighted by Gasteiger charge is 2.43. The maximum Gasteiger partial charge on any atom is 0.352 e. The number of carbonyl (C=O) groups is 4. The van der Waals surface area contributed by atoms with Crippen molar-refractivity contribution in [2.45, 2.75) is 44.6 Å². The summed E-state index contributed by atoms with van der Waals surface area (Å²) in [5.74, 6) is -4.29. The lowest BCUT2D eigenvalue weighted by Gasteiger charge is -2.29. The predicted octanol–water partition coefficient (Wildman–Crippen LogP) is 2.59. The molecular weight excluding hydrogens is 620 g/mol. The first-order valence-corrected chi connectivity index (χ1v) is 15.2. The van der Waals surface area contributed by atoms with Gasteiger partial charge in [0, 0.05) is 25.2 Å². The maximum atomic E-state index is 13.7. The average molecular weight is 657 g/mol. The van der Waals surface area contributed by atoms with Gasteiger partial charge in [-0.25, -0.2) is 19.2 Å². The van der Waals surface area contributed by atoms with E-state index in [1.165, 1.54) is 24.3 Å². The van der Waals surface area contributed by atoms with E-state index in [1.807, 2.05) is 25.7 Å². The molecule has 0 saturated carbocycles. The van der Waals surface area contributed by atoms with Gasteiger partial charge in [-0.15, -0.1) is 4.37 Å². The maximum absolute atomic E-state index is 13.7. The van der Waals surface area contributed by atoms with Crippen LogP contribution in [0.1, 0.15) is 41.5 Å². The second-order valence-electron chi connectivity index (χ2n) is 11.2. The van der Waals surface area contributed by atoms with Gasteiger partial charge in [-0.05, 0) is 45.0 Å². The van der Waals surface area contributed by atoms with Gasteiger partial charge in [-0.1, -0.05) is 36.4 Å². The third kappa shape index (κ3) is 9.95. The lowest BCUT2D eigenvalue weighted by Crippen LogP contribution is -2.50. The molecule has 1 aromatic heterocycles. The summed E-state index contributed by atoms with van der Waals surface area (Å²) >= 11 is 0.962. The van der Waals surface area contributed by atoms with Crippen molar-refractivity contribution in [1.82, 2.24) is 14.1 Å². The summed E-state index contributed by atoms with van der Waals surface area (Å²) in [5, 5.41) is 13.3. The number of benzene rings is 2. The molecule has 14 nitrogen and oxygen atoms in total. The van der Waals surface area contributed by atoms with Crippen LogP contribution in [0.4, 0.5) is 5.82 Å². The molecule has 3 aromatic rings. The smallest absolute Gasteiger partial charge is 0.352 e. The Morgan fingerprint density at radius 3 is 2.00 bits per heavy atom. The number of carboxylic acids is 1. The minimum Gasteiger partial charge on any atom is -0.478 e. The van der Waals surface area contributed by atoms with E-state index >= 15 is 0 Å². The fourth-order valence-electron chi connectivity index (χ4n) is 4.18. The van der Waals surface area contributed by atoms with Gasteiger partial charge in [-0.3, -0.25) is 0 Å². The first-order chi connectivity index (χ1) is 22.0. The monoisotopic (exact) mass is 656 g/mol. The SMILES string of the molecule is CC(C)(C)NC[C@H](COc1nsnc1N1CCOCC1)OC(=O)[C@@H](OC(=O)c1ccccc1)[C@H](OC(=O)c1ccccc1)C(=O)O. The number of hydrogen-bond acceptors (Lipinski definition) is 14. The fourth-order valence-corrected chi connectivity index (χ4v) is 4.70. The van der Waals surface area contributed by atoms with Crippen LogP contribution in [0, 0.1) is 0 Å². The summed E-state index contributed by atoms with van der Waals surface area (Å²) in [4.78, 5) is 53.9. The summed E-state index contributed by atoms with van der Waals surface area (Å²) in [6.45, 7) is 7.81. The van der Waals surface area contributed by atoms with Crippen molar-refractivity contribution in [2.75, 3.05) is 44.4 Å². The number of morpholine rings is 1. The molecule has 0 unspecified atom stereocenters. The van der Waals surface area contributed by atoms with E-state index in [9.17, 15) is 24.3 Å². The van der Waals surface area contributed by atoms with Crippen LogP contribution in [0.5, 0.6) is 5.88 Å². The standard InChI is InChI=1S/C31H36N4O10S/c1-31(2,3)32-18-22(19-42-26-25(33-46-34-26)35-14-16-41-17-15-35)43-30(40)24(45-29(39)21-12-8-5-9-13-21)23(27(36)37)44-28(38)20-10-6-4-7-11-20/h4-13,22-24,32H,14-19H2,1-3H3,(H,36,37)/t22-,23+,24+/m1/s1. The molecule has 0 spiro atoms. The molecule has 2 heterocycles. The number of nitrogens with one attached hydrogen (secondary N) is 1. The quantitative estimate of drug-likeness (QED) is 0.191. The largest absolute Gasteiger partial charge is 0.478 e. The minimum atomic E-state index is -2.24. The topological polar surface area (TPSA) is 176 Å². The third-order valence-electron chi connectivity index (χ3n) is 6.54. The molecule has 0 amide bonds. The van der Waals surface area contributed by atoms with E-state index in [0.717, 1.165) is 11.7 Å². The van der Waals surface area contributed by atoms with Crippen LogP contribution in [-0.2, 0) is 28.5 Å². The molecule has 1 saturated heterocycles. The van der Waals surface area contributed by atoms with Gasteiger partial charge in [0.2, 0.25) is 18.0 Å². The van der Waals surface area contributed by atoms with Gasteiger partial charge < -0.3 is 39.0 Å². The number of ether oxygens (including phenoxy) is 5. The van der Waals surface area contributed by atoms with Crippen molar-refractivity contribution >= 4 is 41.4 Å². The normalized spacial score (nSPS) is 15.2. The van der Waals surface area contributed by atoms with E-state index in [1.54, 1.807) is 36.4 Å². The highest BCUT2D eigenvalue weighted by atomic mass is 32.1. The van der Waals surface area contributed by atoms with Crippen molar-refractivity contribution in [3.05, 3.63) is 71.8 Å². The van der Waals surface area contributed by atoms with Crippen LogP contribution in [-0.4, -0.2) is 101 Å². The number of nitrogens with zero attached hydrogens (tertiary/aromatic N) is 3. The molecule has 15 heteroatoms. The minimum absolute atomic E-state index is 0.0313. The Morgan fingerprint density at radius 2 is 1.46 bits per heavy atom.